The molecule has 108 valence electrons. The zero-order chi connectivity index (χ0) is 14.4. The van der Waals surface area contributed by atoms with Crippen molar-refractivity contribution in [3.63, 3.8) is 0 Å². The molecule has 4 heteroatoms. The van der Waals surface area contributed by atoms with Gasteiger partial charge in [0.25, 0.3) is 0 Å². The number of likely N-dealkylation sites (N-methyl/N-ethyl adjacent to an activating group) is 1. The summed E-state index contributed by atoms with van der Waals surface area (Å²) < 4.78 is 2.02. The maximum absolute atomic E-state index is 4.21. The second-order valence-corrected chi connectivity index (χ2v) is 5.07. The summed E-state index contributed by atoms with van der Waals surface area (Å²) in [6.07, 6.45) is 4.03. The number of nitrogens with one attached hydrogen (secondary N) is 1. The number of rotatable bonds is 7. The van der Waals surface area contributed by atoms with Gasteiger partial charge in [0.1, 0.15) is 0 Å². The van der Waals surface area contributed by atoms with Crippen LogP contribution in [0.15, 0.2) is 36.5 Å². The molecule has 0 saturated carbocycles. The monoisotopic (exact) mass is 272 g/mol. The Labute approximate surface area is 121 Å². The van der Waals surface area contributed by atoms with Crippen molar-refractivity contribution in [1.29, 1.82) is 0 Å². The van der Waals surface area contributed by atoms with E-state index in [1.165, 1.54) is 11.3 Å². The molecule has 0 radical (unpaired) electrons. The summed E-state index contributed by atoms with van der Waals surface area (Å²) in [5.74, 6) is 0.426. The predicted octanol–water partition coefficient (Wildman–Crippen LogP) is 3.14. The van der Waals surface area contributed by atoms with Gasteiger partial charge < -0.3 is 5.32 Å². The van der Waals surface area contributed by atoms with Crippen LogP contribution in [0.5, 0.6) is 0 Å². The number of hydrogen-bond donors (Lipinski definition) is 1. The van der Waals surface area contributed by atoms with Gasteiger partial charge in [-0.15, -0.1) is 5.10 Å². The van der Waals surface area contributed by atoms with E-state index in [9.17, 15) is 0 Å². The highest BCUT2D eigenvalue weighted by atomic mass is 15.4. The fraction of sp³-hybridized carbons (Fsp3) is 0.500. The molecule has 0 fully saturated rings. The van der Waals surface area contributed by atoms with E-state index in [4.69, 9.17) is 0 Å². The molecule has 1 aromatic heterocycles. The topological polar surface area (TPSA) is 42.7 Å². The maximum atomic E-state index is 4.21. The Hall–Kier alpha value is -1.68. The molecule has 1 heterocycles. The third-order valence-corrected chi connectivity index (χ3v) is 3.78. The van der Waals surface area contributed by atoms with Gasteiger partial charge in [-0.05, 0) is 25.5 Å². The molecule has 1 aromatic carbocycles. The second kappa shape index (κ2) is 7.20. The van der Waals surface area contributed by atoms with Gasteiger partial charge in [-0.3, -0.25) is 0 Å². The Morgan fingerprint density at radius 3 is 2.55 bits per heavy atom. The Balaban J connectivity index is 2.32. The van der Waals surface area contributed by atoms with Crippen LogP contribution in [0.3, 0.4) is 0 Å². The molecular weight excluding hydrogens is 248 g/mol. The molecule has 2 atom stereocenters. The second-order valence-electron chi connectivity index (χ2n) is 5.07. The number of aryl methyl sites for hydroxylation is 1. The molecule has 20 heavy (non-hydrogen) atoms. The fourth-order valence-corrected chi connectivity index (χ4v) is 2.81. The predicted molar refractivity (Wildman–Crippen MR) is 81.6 cm³/mol. The Kier molecular flexibility index (Phi) is 5.30. The van der Waals surface area contributed by atoms with E-state index >= 15 is 0 Å². The lowest BCUT2D eigenvalue weighted by Crippen LogP contribution is -2.26. The Bertz CT molecular complexity index is 506. The molecule has 1 N–H and O–H groups in total. The molecule has 0 aliphatic carbocycles. The first kappa shape index (κ1) is 14.7. The van der Waals surface area contributed by atoms with Crippen molar-refractivity contribution in [1.82, 2.24) is 20.3 Å². The van der Waals surface area contributed by atoms with E-state index in [-0.39, 0.29) is 6.04 Å². The van der Waals surface area contributed by atoms with Gasteiger partial charge in [-0.25, -0.2) is 4.68 Å². The van der Waals surface area contributed by atoms with Gasteiger partial charge in [0.2, 0.25) is 0 Å². The molecule has 0 spiro atoms. The lowest BCUT2D eigenvalue weighted by molar-refractivity contribution is 0.423. The van der Waals surface area contributed by atoms with Crippen molar-refractivity contribution in [3.05, 3.63) is 47.8 Å². The SMILES string of the molecule is CCCn1nncc1C(NC)C(CC)c1ccccc1. The van der Waals surface area contributed by atoms with Crippen LogP contribution in [-0.4, -0.2) is 22.0 Å². The van der Waals surface area contributed by atoms with E-state index < -0.39 is 0 Å². The smallest absolute Gasteiger partial charge is 0.0762 e. The molecule has 0 aliphatic heterocycles. The molecule has 0 amide bonds. The lowest BCUT2D eigenvalue weighted by Gasteiger charge is -2.26. The average Bonchev–Trinajstić information content (AvgIpc) is 2.94. The Morgan fingerprint density at radius 2 is 1.95 bits per heavy atom. The van der Waals surface area contributed by atoms with Crippen molar-refractivity contribution < 1.29 is 0 Å². The van der Waals surface area contributed by atoms with Crippen LogP contribution in [0.4, 0.5) is 0 Å². The van der Waals surface area contributed by atoms with Gasteiger partial charge in [-0.1, -0.05) is 49.4 Å². The van der Waals surface area contributed by atoms with Crippen LogP contribution in [0.25, 0.3) is 0 Å². The van der Waals surface area contributed by atoms with Gasteiger partial charge in [-0.2, -0.15) is 0 Å². The van der Waals surface area contributed by atoms with Crippen LogP contribution < -0.4 is 5.32 Å². The molecule has 0 aliphatic rings. The van der Waals surface area contributed by atoms with Gasteiger partial charge in [0.15, 0.2) is 0 Å². The van der Waals surface area contributed by atoms with Crippen molar-refractivity contribution in [3.8, 4) is 0 Å². The van der Waals surface area contributed by atoms with Gasteiger partial charge >= 0.3 is 0 Å². The minimum absolute atomic E-state index is 0.240. The van der Waals surface area contributed by atoms with Gasteiger partial charge in [0, 0.05) is 12.5 Å². The first-order valence-electron chi connectivity index (χ1n) is 7.42. The minimum atomic E-state index is 0.240. The number of hydrogen-bond acceptors (Lipinski definition) is 3. The van der Waals surface area contributed by atoms with E-state index in [0.29, 0.717) is 5.92 Å². The van der Waals surface area contributed by atoms with Crippen LogP contribution in [0, 0.1) is 0 Å². The standard InChI is InChI=1S/C16H24N4/c1-4-11-20-15(12-18-19-20)16(17-3)14(5-2)13-9-7-6-8-10-13/h6-10,12,14,16-17H,4-5,11H2,1-3H3. The van der Waals surface area contributed by atoms with Crippen LogP contribution >= 0.6 is 0 Å². The Morgan fingerprint density at radius 1 is 1.20 bits per heavy atom. The van der Waals surface area contributed by atoms with E-state index in [2.05, 4.69) is 59.8 Å². The lowest BCUT2D eigenvalue weighted by atomic mass is 9.87. The summed E-state index contributed by atoms with van der Waals surface area (Å²) in [7, 11) is 2.01. The molecule has 2 rings (SSSR count). The van der Waals surface area contributed by atoms with E-state index in [1.807, 2.05) is 17.9 Å². The minimum Gasteiger partial charge on any atom is -0.311 e. The van der Waals surface area contributed by atoms with Crippen LogP contribution in [0.1, 0.15) is 49.9 Å². The summed E-state index contributed by atoms with van der Waals surface area (Å²) in [4.78, 5) is 0. The van der Waals surface area contributed by atoms with E-state index in [1.54, 1.807) is 0 Å². The summed E-state index contributed by atoms with van der Waals surface area (Å²) in [6.45, 7) is 5.31. The normalized spacial score (nSPS) is 14.2. The van der Waals surface area contributed by atoms with Crippen LogP contribution in [-0.2, 0) is 6.54 Å². The third-order valence-electron chi connectivity index (χ3n) is 3.78. The van der Waals surface area contributed by atoms with E-state index in [0.717, 1.165) is 19.4 Å². The van der Waals surface area contributed by atoms with Crippen molar-refractivity contribution >= 4 is 0 Å². The molecule has 2 unspecified atom stereocenters. The molecule has 0 bridgehead atoms. The van der Waals surface area contributed by atoms with Crippen LogP contribution in [0.2, 0.25) is 0 Å². The molecular formula is C16H24N4. The highest BCUT2D eigenvalue weighted by molar-refractivity contribution is 5.24. The number of benzene rings is 1. The van der Waals surface area contributed by atoms with Crippen molar-refractivity contribution in [2.45, 2.75) is 45.2 Å². The largest absolute Gasteiger partial charge is 0.311 e. The summed E-state index contributed by atoms with van der Waals surface area (Å²) in [6, 6.07) is 10.9. The zero-order valence-corrected chi connectivity index (χ0v) is 12.6. The number of aromatic nitrogens is 3. The zero-order valence-electron chi connectivity index (χ0n) is 12.6. The first-order chi connectivity index (χ1) is 9.81. The highest BCUT2D eigenvalue weighted by Gasteiger charge is 2.25. The van der Waals surface area contributed by atoms with Crippen molar-refractivity contribution in [2.75, 3.05) is 7.05 Å². The highest BCUT2D eigenvalue weighted by Crippen LogP contribution is 2.32. The quantitative estimate of drug-likeness (QED) is 0.842. The average molecular weight is 272 g/mol. The molecule has 0 saturated heterocycles. The maximum Gasteiger partial charge on any atom is 0.0762 e. The summed E-state index contributed by atoms with van der Waals surface area (Å²) in [5.41, 5.74) is 2.53. The first-order valence-corrected chi connectivity index (χ1v) is 7.42. The summed E-state index contributed by atoms with van der Waals surface area (Å²) in [5, 5.41) is 11.8. The third kappa shape index (κ3) is 3.07. The molecule has 4 nitrogen and oxygen atoms in total. The summed E-state index contributed by atoms with van der Waals surface area (Å²) >= 11 is 0. The van der Waals surface area contributed by atoms with Gasteiger partial charge in [0.05, 0.1) is 17.9 Å². The molecule has 2 aromatic rings. The van der Waals surface area contributed by atoms with Crippen molar-refractivity contribution in [2.24, 2.45) is 0 Å². The fourth-order valence-electron chi connectivity index (χ4n) is 2.81. The number of nitrogens with zero attached hydrogens (tertiary/aromatic N) is 3.